The third-order valence-electron chi connectivity index (χ3n) is 3.00. The topological polar surface area (TPSA) is 90.3 Å². The van der Waals surface area contributed by atoms with E-state index in [1.54, 1.807) is 6.92 Å². The largest absolute Gasteiger partial charge is 0.393 e. The van der Waals surface area contributed by atoms with Crippen LogP contribution in [-0.2, 0) is 0 Å². The Morgan fingerprint density at radius 2 is 1.75 bits per heavy atom. The van der Waals surface area contributed by atoms with Crippen LogP contribution in [0, 0.1) is 6.92 Å². The molecule has 0 saturated heterocycles. The van der Waals surface area contributed by atoms with E-state index in [0.29, 0.717) is 5.82 Å². The van der Waals surface area contributed by atoms with E-state index in [2.05, 4.69) is 20.6 Å². The van der Waals surface area contributed by atoms with Crippen molar-refractivity contribution in [2.45, 2.75) is 46.1 Å². The second kappa shape index (κ2) is 6.85. The Hall–Kier alpha value is -1.40. The van der Waals surface area contributed by atoms with Gasteiger partial charge < -0.3 is 20.8 Å². The molecule has 0 radical (unpaired) electrons. The monoisotopic (exact) mass is 282 g/mol. The number of nitrogens with one attached hydrogen (secondary N) is 2. The van der Waals surface area contributed by atoms with E-state index in [1.807, 2.05) is 27.7 Å². The maximum Gasteiger partial charge on any atom is 0.135 e. The maximum absolute atomic E-state index is 9.86. The summed E-state index contributed by atoms with van der Waals surface area (Å²) in [6.07, 6.45) is 0. The summed E-state index contributed by atoms with van der Waals surface area (Å²) in [5.74, 6) is 2.45. The van der Waals surface area contributed by atoms with E-state index in [-0.39, 0.29) is 19.1 Å². The van der Waals surface area contributed by atoms with Crippen LogP contribution < -0.4 is 10.6 Å². The first-order valence-corrected chi connectivity index (χ1v) is 7.00. The number of rotatable bonds is 7. The number of hydrogen-bond acceptors (Lipinski definition) is 6. The molecule has 0 bridgehead atoms. The fraction of sp³-hybridized carbons (Fsp3) is 0.714. The van der Waals surface area contributed by atoms with E-state index in [9.17, 15) is 5.11 Å². The number of aliphatic hydroxyl groups excluding tert-OH is 1. The summed E-state index contributed by atoms with van der Waals surface area (Å²) in [6.45, 7) is 10.3. The van der Waals surface area contributed by atoms with Crippen LogP contribution in [-0.4, -0.2) is 45.5 Å². The number of aliphatic hydroxyl groups is 2. The van der Waals surface area contributed by atoms with Gasteiger partial charge in [-0.1, -0.05) is 13.8 Å². The van der Waals surface area contributed by atoms with Crippen LogP contribution in [0.2, 0.25) is 0 Å². The first-order chi connectivity index (χ1) is 9.30. The summed E-state index contributed by atoms with van der Waals surface area (Å²) in [4.78, 5) is 9.01. The smallest absolute Gasteiger partial charge is 0.135 e. The van der Waals surface area contributed by atoms with Crippen molar-refractivity contribution in [2.75, 3.05) is 30.3 Å². The maximum atomic E-state index is 9.86. The summed E-state index contributed by atoms with van der Waals surface area (Å²) < 4.78 is 0. The molecule has 6 nitrogen and oxygen atoms in total. The molecule has 0 saturated carbocycles. The van der Waals surface area contributed by atoms with E-state index < -0.39 is 5.60 Å². The lowest BCUT2D eigenvalue weighted by Gasteiger charge is -2.22. The summed E-state index contributed by atoms with van der Waals surface area (Å²) >= 11 is 0. The molecule has 6 heteroatoms. The van der Waals surface area contributed by atoms with Gasteiger partial charge in [0.25, 0.3) is 0 Å². The summed E-state index contributed by atoms with van der Waals surface area (Å²) in [5, 5.41) is 25.3. The highest BCUT2D eigenvalue weighted by molar-refractivity contribution is 5.57. The van der Waals surface area contributed by atoms with Crippen molar-refractivity contribution in [1.29, 1.82) is 0 Å². The van der Waals surface area contributed by atoms with Gasteiger partial charge in [-0.25, -0.2) is 9.97 Å². The van der Waals surface area contributed by atoms with Gasteiger partial charge in [0.05, 0.1) is 6.61 Å². The third-order valence-corrected chi connectivity index (χ3v) is 3.00. The highest BCUT2D eigenvalue weighted by atomic mass is 16.3. The van der Waals surface area contributed by atoms with Crippen LogP contribution in [0.5, 0.6) is 0 Å². The molecule has 0 aromatic carbocycles. The molecule has 0 aliphatic heterocycles. The zero-order chi connectivity index (χ0) is 15.3. The van der Waals surface area contributed by atoms with Crippen molar-refractivity contribution in [3.8, 4) is 0 Å². The van der Waals surface area contributed by atoms with Crippen LogP contribution >= 0.6 is 0 Å². The van der Waals surface area contributed by atoms with Gasteiger partial charge in [0.2, 0.25) is 0 Å². The Morgan fingerprint density at radius 3 is 2.20 bits per heavy atom. The minimum Gasteiger partial charge on any atom is -0.393 e. The average Bonchev–Trinajstić information content (AvgIpc) is 2.39. The number of hydrogen-bond donors (Lipinski definition) is 4. The minimum absolute atomic E-state index is 0.215. The van der Waals surface area contributed by atoms with Gasteiger partial charge >= 0.3 is 0 Å². The number of nitrogens with zero attached hydrogens (tertiary/aromatic N) is 2. The third kappa shape index (κ3) is 4.31. The van der Waals surface area contributed by atoms with E-state index in [4.69, 9.17) is 5.11 Å². The molecule has 20 heavy (non-hydrogen) atoms. The van der Waals surface area contributed by atoms with E-state index >= 15 is 0 Å². The molecule has 1 unspecified atom stereocenters. The highest BCUT2D eigenvalue weighted by Crippen LogP contribution is 2.23. The highest BCUT2D eigenvalue weighted by Gasteiger charge is 2.20. The van der Waals surface area contributed by atoms with Crippen LogP contribution in [0.3, 0.4) is 0 Å². The van der Waals surface area contributed by atoms with Crippen molar-refractivity contribution in [3.05, 3.63) is 11.4 Å². The molecular weight excluding hydrogens is 256 g/mol. The van der Waals surface area contributed by atoms with Gasteiger partial charge in [-0.15, -0.1) is 0 Å². The van der Waals surface area contributed by atoms with Crippen molar-refractivity contribution < 1.29 is 10.2 Å². The van der Waals surface area contributed by atoms with Crippen LogP contribution in [0.25, 0.3) is 0 Å². The molecule has 0 aliphatic carbocycles. The molecule has 0 fully saturated rings. The summed E-state index contributed by atoms with van der Waals surface area (Å²) in [6, 6.07) is 0. The van der Waals surface area contributed by atoms with Crippen molar-refractivity contribution in [3.63, 3.8) is 0 Å². The predicted octanol–water partition coefficient (Wildman–Crippen LogP) is 1.50. The molecule has 1 rings (SSSR count). The van der Waals surface area contributed by atoms with Crippen LogP contribution in [0.4, 0.5) is 11.6 Å². The second-order valence-electron chi connectivity index (χ2n) is 5.60. The molecule has 0 spiro atoms. The number of aromatic nitrogens is 2. The molecule has 1 atom stereocenters. The molecule has 1 heterocycles. The Kier molecular flexibility index (Phi) is 5.71. The molecule has 0 aliphatic rings. The van der Waals surface area contributed by atoms with E-state index in [0.717, 1.165) is 23.8 Å². The van der Waals surface area contributed by atoms with Gasteiger partial charge in [-0.3, -0.25) is 0 Å². The molecule has 114 valence electrons. The minimum atomic E-state index is -1.17. The van der Waals surface area contributed by atoms with Crippen LogP contribution in [0.1, 0.15) is 45.0 Å². The molecule has 0 amide bonds. The lowest BCUT2D eigenvalue weighted by Crippen LogP contribution is -2.37. The Bertz CT molecular complexity index is 447. The fourth-order valence-corrected chi connectivity index (χ4v) is 1.63. The molecule has 1 aromatic heterocycles. The van der Waals surface area contributed by atoms with Crippen LogP contribution in [0.15, 0.2) is 0 Å². The first-order valence-electron chi connectivity index (χ1n) is 7.00. The summed E-state index contributed by atoms with van der Waals surface area (Å²) in [5.41, 5.74) is -0.265. The van der Waals surface area contributed by atoms with Gasteiger partial charge in [-0.05, 0) is 20.8 Å². The van der Waals surface area contributed by atoms with E-state index in [1.165, 1.54) is 0 Å². The normalized spacial score (nSPS) is 14.2. The SMILES string of the molecule is CCNc1nc(C(C)C)nc(NCC(C)(O)CO)c1C. The van der Waals surface area contributed by atoms with Crippen molar-refractivity contribution in [2.24, 2.45) is 0 Å². The van der Waals surface area contributed by atoms with Crippen molar-refractivity contribution in [1.82, 2.24) is 9.97 Å². The first kappa shape index (κ1) is 16.7. The van der Waals surface area contributed by atoms with Gasteiger partial charge in [0.1, 0.15) is 23.1 Å². The molecule has 4 N–H and O–H groups in total. The Morgan fingerprint density at radius 1 is 1.20 bits per heavy atom. The van der Waals surface area contributed by atoms with Gasteiger partial charge in [0, 0.05) is 24.6 Å². The van der Waals surface area contributed by atoms with Crippen molar-refractivity contribution >= 4 is 11.6 Å². The Labute approximate surface area is 120 Å². The van der Waals surface area contributed by atoms with Gasteiger partial charge in [0.15, 0.2) is 0 Å². The summed E-state index contributed by atoms with van der Waals surface area (Å²) in [7, 11) is 0. The molecule has 1 aromatic rings. The fourth-order valence-electron chi connectivity index (χ4n) is 1.63. The standard InChI is InChI=1S/C14H26N4O2/c1-6-15-12-10(4)13(16-7-14(5,20)8-19)18-11(17-12)9(2)3/h9,19-20H,6-8H2,1-5H3,(H2,15,16,17,18). The second-order valence-corrected chi connectivity index (χ2v) is 5.60. The molecular formula is C14H26N4O2. The lowest BCUT2D eigenvalue weighted by atomic mass is 10.1. The predicted molar refractivity (Wildman–Crippen MR) is 81.2 cm³/mol. The zero-order valence-corrected chi connectivity index (χ0v) is 13.0. The number of anilines is 2. The van der Waals surface area contributed by atoms with Gasteiger partial charge in [-0.2, -0.15) is 0 Å². The Balaban J connectivity index is 3.04. The quantitative estimate of drug-likeness (QED) is 0.606. The lowest BCUT2D eigenvalue weighted by molar-refractivity contribution is 0.0131. The zero-order valence-electron chi connectivity index (χ0n) is 13.0. The average molecular weight is 282 g/mol.